The van der Waals surface area contributed by atoms with Crippen LogP contribution in [-0.4, -0.2) is 19.6 Å². The third-order valence-electron chi connectivity index (χ3n) is 2.77. The zero-order valence-corrected chi connectivity index (χ0v) is 12.3. The van der Waals surface area contributed by atoms with Crippen LogP contribution in [0.25, 0.3) is 0 Å². The number of ether oxygens (including phenoxy) is 1. The van der Waals surface area contributed by atoms with Crippen LogP contribution in [0.1, 0.15) is 5.56 Å². The first-order valence-electron chi connectivity index (χ1n) is 6.00. The number of benzene rings is 2. The number of aryl methyl sites for hydroxylation is 1. The maximum Gasteiger partial charge on any atom is 0.311 e. The number of sulfone groups is 1. The number of hydrogen-bond donors (Lipinski definition) is 0. The van der Waals surface area contributed by atoms with Gasteiger partial charge in [0.1, 0.15) is 5.75 Å². The predicted octanol–water partition coefficient (Wildman–Crippen LogP) is 3.10. The Hall–Kier alpha value is -2.41. The number of nitro groups is 1. The lowest BCUT2D eigenvalue weighted by Crippen LogP contribution is -1.98. The van der Waals surface area contributed by atoms with Crippen molar-refractivity contribution in [2.75, 3.05) is 6.26 Å². The molecule has 0 heterocycles. The van der Waals surface area contributed by atoms with Crippen LogP contribution >= 0.6 is 0 Å². The van der Waals surface area contributed by atoms with Gasteiger partial charge in [-0.05, 0) is 36.8 Å². The van der Waals surface area contributed by atoms with Gasteiger partial charge in [-0.2, -0.15) is 0 Å². The zero-order chi connectivity index (χ0) is 15.6. The molecule has 2 rings (SSSR count). The van der Waals surface area contributed by atoms with Crippen LogP contribution in [0.5, 0.6) is 11.5 Å². The van der Waals surface area contributed by atoms with Crippen molar-refractivity contribution in [2.45, 2.75) is 11.8 Å². The second-order valence-corrected chi connectivity index (χ2v) is 6.59. The Bertz CT molecular complexity index is 799. The molecule has 0 spiro atoms. The summed E-state index contributed by atoms with van der Waals surface area (Å²) in [6.45, 7) is 1.74. The molecule has 0 atom stereocenters. The van der Waals surface area contributed by atoms with Gasteiger partial charge in [0.15, 0.2) is 9.84 Å². The Labute approximate surface area is 122 Å². The van der Waals surface area contributed by atoms with E-state index in [1.807, 2.05) is 0 Å². The van der Waals surface area contributed by atoms with Crippen molar-refractivity contribution in [3.8, 4) is 11.5 Å². The second-order valence-electron chi connectivity index (χ2n) is 4.58. The molecule has 110 valence electrons. The first-order valence-corrected chi connectivity index (χ1v) is 7.89. The summed E-state index contributed by atoms with van der Waals surface area (Å²) in [6, 6.07) is 10.4. The van der Waals surface area contributed by atoms with Gasteiger partial charge in [0.25, 0.3) is 0 Å². The maximum atomic E-state index is 11.5. The number of nitrogens with zero attached hydrogens (tertiary/aromatic N) is 1. The highest BCUT2D eigenvalue weighted by Crippen LogP contribution is 2.32. The van der Waals surface area contributed by atoms with E-state index in [0.29, 0.717) is 0 Å². The summed E-state index contributed by atoms with van der Waals surface area (Å²) in [4.78, 5) is 10.6. The van der Waals surface area contributed by atoms with Gasteiger partial charge in [0.05, 0.1) is 9.82 Å². The molecule has 0 saturated heterocycles. The van der Waals surface area contributed by atoms with E-state index < -0.39 is 14.8 Å². The minimum Gasteiger partial charge on any atom is -0.450 e. The van der Waals surface area contributed by atoms with Crippen LogP contribution < -0.4 is 4.74 Å². The van der Waals surface area contributed by atoms with Gasteiger partial charge in [-0.3, -0.25) is 10.1 Å². The Morgan fingerprint density at radius 1 is 1.14 bits per heavy atom. The van der Waals surface area contributed by atoms with Crippen LogP contribution in [0.15, 0.2) is 47.4 Å². The van der Waals surface area contributed by atoms with E-state index in [0.717, 1.165) is 11.8 Å². The summed E-state index contributed by atoms with van der Waals surface area (Å²) >= 11 is 0. The van der Waals surface area contributed by atoms with Crippen molar-refractivity contribution < 1.29 is 18.1 Å². The molecule has 6 nitrogen and oxygen atoms in total. The lowest BCUT2D eigenvalue weighted by atomic mass is 10.2. The van der Waals surface area contributed by atoms with Crippen molar-refractivity contribution in [1.29, 1.82) is 0 Å². The van der Waals surface area contributed by atoms with E-state index >= 15 is 0 Å². The van der Waals surface area contributed by atoms with Crippen LogP contribution in [0.4, 0.5) is 5.69 Å². The monoisotopic (exact) mass is 307 g/mol. The van der Waals surface area contributed by atoms with Crippen LogP contribution in [0, 0.1) is 17.0 Å². The lowest BCUT2D eigenvalue weighted by Gasteiger charge is -2.08. The fourth-order valence-electron chi connectivity index (χ4n) is 1.75. The molecular weight excluding hydrogens is 294 g/mol. The molecule has 2 aromatic rings. The van der Waals surface area contributed by atoms with Crippen LogP contribution in [0.2, 0.25) is 0 Å². The molecule has 0 aliphatic rings. The molecular formula is C14H13NO5S. The molecule has 0 radical (unpaired) electrons. The Kier molecular flexibility index (Phi) is 3.95. The average Bonchev–Trinajstić information content (AvgIpc) is 2.40. The molecule has 21 heavy (non-hydrogen) atoms. The largest absolute Gasteiger partial charge is 0.450 e. The van der Waals surface area contributed by atoms with Gasteiger partial charge in [-0.1, -0.05) is 12.1 Å². The van der Waals surface area contributed by atoms with E-state index in [9.17, 15) is 18.5 Å². The number of rotatable bonds is 4. The zero-order valence-electron chi connectivity index (χ0n) is 11.4. The van der Waals surface area contributed by atoms with Gasteiger partial charge in [-0.25, -0.2) is 8.42 Å². The molecule has 0 aliphatic carbocycles. The van der Waals surface area contributed by atoms with Crippen molar-refractivity contribution in [1.82, 2.24) is 0 Å². The minimum atomic E-state index is -3.36. The average molecular weight is 307 g/mol. The molecule has 0 amide bonds. The third kappa shape index (κ3) is 3.57. The summed E-state index contributed by atoms with van der Waals surface area (Å²) < 4.78 is 28.4. The van der Waals surface area contributed by atoms with E-state index in [-0.39, 0.29) is 22.1 Å². The van der Waals surface area contributed by atoms with Crippen LogP contribution in [-0.2, 0) is 9.84 Å². The fraction of sp³-hybridized carbons (Fsp3) is 0.143. The smallest absolute Gasteiger partial charge is 0.311 e. The van der Waals surface area contributed by atoms with Gasteiger partial charge >= 0.3 is 5.69 Å². The highest BCUT2D eigenvalue weighted by Gasteiger charge is 2.16. The Morgan fingerprint density at radius 2 is 1.86 bits per heavy atom. The highest BCUT2D eigenvalue weighted by molar-refractivity contribution is 7.90. The standard InChI is InChI=1S/C14H13NO5S/c1-10-6-7-14(13(8-10)15(16)17)20-11-4-3-5-12(9-11)21(2,18)19/h3-9H,1-2H3. The Morgan fingerprint density at radius 3 is 2.48 bits per heavy atom. The molecule has 0 fully saturated rings. The minimum absolute atomic E-state index is 0.0660. The summed E-state index contributed by atoms with van der Waals surface area (Å²) in [5, 5.41) is 11.0. The van der Waals surface area contributed by atoms with E-state index in [1.165, 1.54) is 36.4 Å². The molecule has 7 heteroatoms. The van der Waals surface area contributed by atoms with Crippen molar-refractivity contribution in [3.05, 3.63) is 58.1 Å². The topological polar surface area (TPSA) is 86.5 Å². The second kappa shape index (κ2) is 5.53. The SMILES string of the molecule is Cc1ccc(Oc2cccc(S(C)(=O)=O)c2)c([N+](=O)[O-])c1. The normalized spacial score (nSPS) is 11.1. The van der Waals surface area contributed by atoms with Crippen molar-refractivity contribution >= 4 is 15.5 Å². The highest BCUT2D eigenvalue weighted by atomic mass is 32.2. The number of hydrogen-bond acceptors (Lipinski definition) is 5. The summed E-state index contributed by atoms with van der Waals surface area (Å²) in [7, 11) is -3.36. The molecule has 0 bridgehead atoms. The van der Waals surface area contributed by atoms with E-state index in [2.05, 4.69) is 0 Å². The van der Waals surface area contributed by atoms with Crippen molar-refractivity contribution in [2.24, 2.45) is 0 Å². The Balaban J connectivity index is 2.41. The number of nitro benzene ring substituents is 1. The lowest BCUT2D eigenvalue weighted by molar-refractivity contribution is -0.385. The van der Waals surface area contributed by atoms with E-state index in [1.54, 1.807) is 13.0 Å². The molecule has 0 aliphatic heterocycles. The summed E-state index contributed by atoms with van der Waals surface area (Å²) in [6.07, 6.45) is 1.08. The van der Waals surface area contributed by atoms with Crippen molar-refractivity contribution in [3.63, 3.8) is 0 Å². The van der Waals surface area contributed by atoms with E-state index in [4.69, 9.17) is 4.74 Å². The van der Waals surface area contributed by atoms with Crippen LogP contribution in [0.3, 0.4) is 0 Å². The predicted molar refractivity (Wildman–Crippen MR) is 77.5 cm³/mol. The van der Waals surface area contributed by atoms with Gasteiger partial charge in [0.2, 0.25) is 5.75 Å². The fourth-order valence-corrected chi connectivity index (χ4v) is 2.41. The quantitative estimate of drug-likeness (QED) is 0.640. The van der Waals surface area contributed by atoms with Gasteiger partial charge in [-0.15, -0.1) is 0 Å². The first kappa shape index (κ1) is 15.0. The summed E-state index contributed by atoms with van der Waals surface area (Å²) in [5.74, 6) is 0.293. The molecule has 0 aromatic heterocycles. The first-order chi connectivity index (χ1) is 9.77. The molecule has 0 unspecified atom stereocenters. The molecule has 0 N–H and O–H groups in total. The molecule has 2 aromatic carbocycles. The van der Waals surface area contributed by atoms with Gasteiger partial charge < -0.3 is 4.74 Å². The molecule has 0 saturated carbocycles. The third-order valence-corrected chi connectivity index (χ3v) is 3.88. The summed E-state index contributed by atoms with van der Waals surface area (Å²) in [5.41, 5.74) is 0.568. The van der Waals surface area contributed by atoms with Gasteiger partial charge in [0, 0.05) is 12.3 Å². The maximum absolute atomic E-state index is 11.5.